The summed E-state index contributed by atoms with van der Waals surface area (Å²) in [6.07, 6.45) is 1.59. The van der Waals surface area contributed by atoms with Crippen molar-refractivity contribution in [2.45, 2.75) is 11.7 Å². The largest absolute Gasteiger partial charge is 0.494 e. The van der Waals surface area contributed by atoms with E-state index in [0.29, 0.717) is 23.1 Å². The molecule has 0 bridgehead atoms. The number of aromatic nitrogens is 4. The van der Waals surface area contributed by atoms with Crippen molar-refractivity contribution in [1.29, 1.82) is 0 Å². The monoisotopic (exact) mass is 359 g/mol. The van der Waals surface area contributed by atoms with Crippen LogP contribution in [0.5, 0.6) is 5.75 Å². The number of furan rings is 1. The minimum absolute atomic E-state index is 0.0454. The summed E-state index contributed by atoms with van der Waals surface area (Å²) in [6, 6.07) is 11.0. The van der Waals surface area contributed by atoms with Gasteiger partial charge in [0.15, 0.2) is 0 Å². The molecule has 0 spiro atoms. The van der Waals surface area contributed by atoms with E-state index in [9.17, 15) is 4.79 Å². The standard InChI is InChI=1S/C16H17N5O3S/c1-20(10-12-6-5-9-24-12)15(22)11-25-16-17-18-19-21(16)13-7-3-4-8-14(13)23-2/h3-9H,10-11H2,1-2H3. The van der Waals surface area contributed by atoms with E-state index in [1.54, 1.807) is 36.1 Å². The van der Waals surface area contributed by atoms with E-state index < -0.39 is 0 Å². The lowest BCUT2D eigenvalue weighted by atomic mass is 10.3. The van der Waals surface area contributed by atoms with Crippen molar-refractivity contribution in [3.63, 3.8) is 0 Å². The lowest BCUT2D eigenvalue weighted by Gasteiger charge is -2.15. The van der Waals surface area contributed by atoms with Gasteiger partial charge in [0.2, 0.25) is 11.1 Å². The molecule has 0 saturated heterocycles. The van der Waals surface area contributed by atoms with Gasteiger partial charge in [0.25, 0.3) is 0 Å². The molecule has 25 heavy (non-hydrogen) atoms. The molecular formula is C16H17N5O3S. The first-order valence-electron chi connectivity index (χ1n) is 7.50. The average Bonchev–Trinajstić information content (AvgIpc) is 3.31. The number of hydrogen-bond acceptors (Lipinski definition) is 7. The summed E-state index contributed by atoms with van der Waals surface area (Å²) in [5.74, 6) is 1.56. The van der Waals surface area contributed by atoms with Gasteiger partial charge >= 0.3 is 0 Å². The van der Waals surface area contributed by atoms with E-state index in [2.05, 4.69) is 15.5 Å². The Balaban J connectivity index is 1.66. The maximum atomic E-state index is 12.3. The SMILES string of the molecule is COc1ccccc1-n1nnnc1SCC(=O)N(C)Cc1ccco1. The highest BCUT2D eigenvalue weighted by Crippen LogP contribution is 2.25. The summed E-state index contributed by atoms with van der Waals surface area (Å²) in [6.45, 7) is 0.420. The van der Waals surface area contributed by atoms with E-state index in [-0.39, 0.29) is 11.7 Å². The fourth-order valence-electron chi connectivity index (χ4n) is 2.19. The van der Waals surface area contributed by atoms with Crippen LogP contribution < -0.4 is 4.74 Å². The summed E-state index contributed by atoms with van der Waals surface area (Å²) in [5.41, 5.74) is 0.717. The molecule has 8 nitrogen and oxygen atoms in total. The predicted octanol–water partition coefficient (Wildman–Crippen LogP) is 2.01. The highest BCUT2D eigenvalue weighted by Gasteiger charge is 2.16. The molecule has 0 unspecified atom stereocenters. The number of hydrogen-bond donors (Lipinski definition) is 0. The first-order chi connectivity index (χ1) is 12.2. The van der Waals surface area contributed by atoms with Crippen LogP contribution in [-0.4, -0.2) is 50.9 Å². The second kappa shape index (κ2) is 7.84. The number of ether oxygens (including phenoxy) is 1. The second-order valence-electron chi connectivity index (χ2n) is 5.16. The number of rotatable bonds is 7. The Morgan fingerprint density at radius 1 is 1.32 bits per heavy atom. The Hall–Kier alpha value is -2.81. The Morgan fingerprint density at radius 3 is 2.92 bits per heavy atom. The summed E-state index contributed by atoms with van der Waals surface area (Å²) < 4.78 is 12.2. The average molecular weight is 359 g/mol. The topological polar surface area (TPSA) is 86.3 Å². The highest BCUT2D eigenvalue weighted by atomic mass is 32.2. The van der Waals surface area contributed by atoms with Crippen molar-refractivity contribution in [1.82, 2.24) is 25.1 Å². The van der Waals surface area contributed by atoms with Crippen LogP contribution >= 0.6 is 11.8 Å². The van der Waals surface area contributed by atoms with Crippen molar-refractivity contribution in [2.24, 2.45) is 0 Å². The van der Waals surface area contributed by atoms with Crippen LogP contribution in [0, 0.1) is 0 Å². The number of nitrogens with zero attached hydrogens (tertiary/aromatic N) is 5. The molecule has 0 aliphatic carbocycles. The zero-order chi connectivity index (χ0) is 17.6. The second-order valence-corrected chi connectivity index (χ2v) is 6.11. The molecule has 3 aromatic rings. The lowest BCUT2D eigenvalue weighted by Crippen LogP contribution is -2.27. The van der Waals surface area contributed by atoms with Gasteiger partial charge in [-0.3, -0.25) is 4.79 Å². The molecule has 3 rings (SSSR count). The zero-order valence-electron chi connectivity index (χ0n) is 13.8. The quantitative estimate of drug-likeness (QED) is 0.596. The smallest absolute Gasteiger partial charge is 0.233 e. The number of carbonyl (C=O) groups is 1. The van der Waals surface area contributed by atoms with Gasteiger partial charge in [0, 0.05) is 7.05 Å². The first-order valence-corrected chi connectivity index (χ1v) is 8.48. The molecule has 0 radical (unpaired) electrons. The molecule has 0 aliphatic heterocycles. The molecule has 0 N–H and O–H groups in total. The maximum Gasteiger partial charge on any atom is 0.233 e. The van der Waals surface area contributed by atoms with Gasteiger partial charge in [0.1, 0.15) is 17.2 Å². The van der Waals surface area contributed by atoms with Crippen molar-refractivity contribution >= 4 is 17.7 Å². The number of methoxy groups -OCH3 is 1. The molecule has 0 saturated carbocycles. The Labute approximate surface area is 148 Å². The molecule has 0 aliphatic rings. The minimum Gasteiger partial charge on any atom is -0.494 e. The molecule has 0 fully saturated rings. The van der Waals surface area contributed by atoms with Crippen LogP contribution in [-0.2, 0) is 11.3 Å². The van der Waals surface area contributed by atoms with E-state index in [1.807, 2.05) is 30.3 Å². The van der Waals surface area contributed by atoms with Gasteiger partial charge in [-0.25, -0.2) is 0 Å². The van der Waals surface area contributed by atoms with Gasteiger partial charge in [-0.05, 0) is 34.7 Å². The van der Waals surface area contributed by atoms with E-state index in [1.165, 1.54) is 11.8 Å². The van der Waals surface area contributed by atoms with E-state index in [0.717, 1.165) is 5.76 Å². The van der Waals surface area contributed by atoms with Crippen molar-refractivity contribution in [3.8, 4) is 11.4 Å². The van der Waals surface area contributed by atoms with E-state index >= 15 is 0 Å². The van der Waals surface area contributed by atoms with Gasteiger partial charge < -0.3 is 14.1 Å². The third-order valence-electron chi connectivity index (χ3n) is 3.48. The molecule has 1 aromatic carbocycles. The summed E-state index contributed by atoms with van der Waals surface area (Å²) in [5, 5.41) is 12.2. The third kappa shape index (κ3) is 4.00. The van der Waals surface area contributed by atoms with Gasteiger partial charge in [-0.15, -0.1) is 5.10 Å². The number of thioether (sulfide) groups is 1. The Morgan fingerprint density at radius 2 is 2.16 bits per heavy atom. The number of carbonyl (C=O) groups excluding carboxylic acids is 1. The molecule has 2 aromatic heterocycles. The third-order valence-corrected chi connectivity index (χ3v) is 4.38. The van der Waals surface area contributed by atoms with Crippen molar-refractivity contribution in [2.75, 3.05) is 19.9 Å². The van der Waals surface area contributed by atoms with Crippen LogP contribution in [0.3, 0.4) is 0 Å². The normalized spacial score (nSPS) is 10.6. The van der Waals surface area contributed by atoms with Crippen LogP contribution in [0.25, 0.3) is 5.69 Å². The minimum atomic E-state index is -0.0454. The molecule has 2 heterocycles. The van der Waals surface area contributed by atoms with Crippen LogP contribution in [0.4, 0.5) is 0 Å². The number of para-hydroxylation sites is 2. The van der Waals surface area contributed by atoms with Gasteiger partial charge in [-0.2, -0.15) is 4.68 Å². The number of benzene rings is 1. The molecule has 9 heteroatoms. The fourth-order valence-corrected chi connectivity index (χ4v) is 3.01. The fraction of sp³-hybridized carbons (Fsp3) is 0.250. The van der Waals surface area contributed by atoms with Gasteiger partial charge in [-0.1, -0.05) is 23.9 Å². The molecule has 0 atom stereocenters. The van der Waals surface area contributed by atoms with Crippen LogP contribution in [0.15, 0.2) is 52.2 Å². The Bertz CT molecular complexity index is 834. The highest BCUT2D eigenvalue weighted by molar-refractivity contribution is 7.99. The Kier molecular flexibility index (Phi) is 5.34. The predicted molar refractivity (Wildman–Crippen MR) is 91.6 cm³/mol. The number of amides is 1. The molecular weight excluding hydrogens is 342 g/mol. The maximum absolute atomic E-state index is 12.3. The number of tetrazole rings is 1. The molecule has 1 amide bonds. The van der Waals surface area contributed by atoms with Crippen molar-refractivity contribution < 1.29 is 13.9 Å². The summed E-state index contributed by atoms with van der Waals surface area (Å²) in [4.78, 5) is 13.9. The lowest BCUT2D eigenvalue weighted by molar-refractivity contribution is -0.127. The summed E-state index contributed by atoms with van der Waals surface area (Å²) in [7, 11) is 3.32. The summed E-state index contributed by atoms with van der Waals surface area (Å²) >= 11 is 1.27. The van der Waals surface area contributed by atoms with Crippen molar-refractivity contribution in [3.05, 3.63) is 48.4 Å². The first kappa shape index (κ1) is 17.0. The molecule has 130 valence electrons. The van der Waals surface area contributed by atoms with Gasteiger partial charge in [0.05, 0.1) is 25.7 Å². The van der Waals surface area contributed by atoms with Crippen LogP contribution in [0.1, 0.15) is 5.76 Å². The van der Waals surface area contributed by atoms with E-state index in [4.69, 9.17) is 9.15 Å². The zero-order valence-corrected chi connectivity index (χ0v) is 14.6. The van der Waals surface area contributed by atoms with Crippen LogP contribution in [0.2, 0.25) is 0 Å².